The molecule has 0 aliphatic carbocycles. The van der Waals surface area contributed by atoms with Crippen LogP contribution in [0.25, 0.3) is 0 Å². The third-order valence-corrected chi connectivity index (χ3v) is 4.20. The van der Waals surface area contributed by atoms with Gasteiger partial charge in [-0.3, -0.25) is 4.79 Å². The van der Waals surface area contributed by atoms with E-state index in [1.165, 1.54) is 0 Å². The van der Waals surface area contributed by atoms with Crippen LogP contribution in [0.15, 0.2) is 29.2 Å². The van der Waals surface area contributed by atoms with Gasteiger partial charge in [0.1, 0.15) is 5.54 Å². The summed E-state index contributed by atoms with van der Waals surface area (Å²) in [5.41, 5.74) is 4.73. The Morgan fingerprint density at radius 2 is 2.28 bits per heavy atom. The average molecular weight is 288 g/mol. The van der Waals surface area contributed by atoms with Gasteiger partial charge >= 0.3 is 5.97 Å². The van der Waals surface area contributed by atoms with Crippen LogP contribution in [-0.4, -0.2) is 22.4 Å². The summed E-state index contributed by atoms with van der Waals surface area (Å²) in [6, 6.07) is 7.63. The van der Waals surface area contributed by atoms with Crippen molar-refractivity contribution < 1.29 is 9.90 Å². The van der Waals surface area contributed by atoms with Crippen molar-refractivity contribution in [3.8, 4) is 0 Å². The summed E-state index contributed by atoms with van der Waals surface area (Å²) >= 11 is 7.55. The molecule has 3 nitrogen and oxygen atoms in total. The number of carbonyl (C=O) groups is 1. The number of halogens is 1. The van der Waals surface area contributed by atoms with E-state index in [-0.39, 0.29) is 0 Å². The number of carboxylic acids is 1. The van der Waals surface area contributed by atoms with Crippen LogP contribution in [0.2, 0.25) is 5.02 Å². The molecule has 5 heteroatoms. The fraction of sp³-hybridized carbons (Fsp3) is 0.462. The van der Waals surface area contributed by atoms with E-state index in [1.807, 2.05) is 24.3 Å². The maximum absolute atomic E-state index is 11.0. The van der Waals surface area contributed by atoms with E-state index in [0.717, 1.165) is 17.1 Å². The zero-order valence-corrected chi connectivity index (χ0v) is 11.9. The number of aliphatic carboxylic acids is 1. The Morgan fingerprint density at radius 3 is 2.83 bits per heavy atom. The molecule has 0 saturated carbocycles. The lowest BCUT2D eigenvalue weighted by Gasteiger charge is -2.22. The Balaban J connectivity index is 2.37. The van der Waals surface area contributed by atoms with Crippen molar-refractivity contribution in [2.45, 2.75) is 36.6 Å². The van der Waals surface area contributed by atoms with Crippen molar-refractivity contribution in [3.63, 3.8) is 0 Å². The largest absolute Gasteiger partial charge is 0.480 e. The van der Waals surface area contributed by atoms with Gasteiger partial charge in [0.05, 0.1) is 0 Å². The monoisotopic (exact) mass is 287 g/mol. The summed E-state index contributed by atoms with van der Waals surface area (Å²) in [5, 5.41) is 9.75. The normalized spacial score (nSPS) is 14.2. The maximum Gasteiger partial charge on any atom is 0.323 e. The van der Waals surface area contributed by atoms with Gasteiger partial charge < -0.3 is 10.8 Å². The topological polar surface area (TPSA) is 63.3 Å². The van der Waals surface area contributed by atoms with Gasteiger partial charge in [0, 0.05) is 9.92 Å². The predicted octanol–water partition coefficient (Wildman–Crippen LogP) is 3.40. The number of thioether (sulfide) groups is 1. The van der Waals surface area contributed by atoms with Crippen LogP contribution in [-0.2, 0) is 4.79 Å². The van der Waals surface area contributed by atoms with Gasteiger partial charge in [-0.1, -0.05) is 24.6 Å². The third kappa shape index (κ3) is 4.52. The minimum Gasteiger partial charge on any atom is -0.480 e. The molecule has 0 heterocycles. The average Bonchev–Trinajstić information content (AvgIpc) is 2.34. The van der Waals surface area contributed by atoms with E-state index in [2.05, 4.69) is 0 Å². The molecule has 1 rings (SSSR count). The number of benzene rings is 1. The van der Waals surface area contributed by atoms with Gasteiger partial charge in [0.2, 0.25) is 0 Å². The second kappa shape index (κ2) is 7.02. The van der Waals surface area contributed by atoms with E-state index in [1.54, 1.807) is 18.7 Å². The molecule has 1 atom stereocenters. The molecule has 3 N–H and O–H groups in total. The molecular formula is C13H18ClNO2S. The van der Waals surface area contributed by atoms with Crippen molar-refractivity contribution >= 4 is 29.3 Å². The Morgan fingerprint density at radius 1 is 1.56 bits per heavy atom. The van der Waals surface area contributed by atoms with E-state index >= 15 is 0 Å². The summed E-state index contributed by atoms with van der Waals surface area (Å²) in [6.45, 7) is 1.80. The van der Waals surface area contributed by atoms with Crippen LogP contribution in [0.4, 0.5) is 0 Å². The van der Waals surface area contributed by atoms with Crippen LogP contribution >= 0.6 is 23.4 Å². The number of carboxylic acid groups (broad SMARTS) is 1. The number of hydrogen-bond acceptors (Lipinski definition) is 3. The van der Waals surface area contributed by atoms with Gasteiger partial charge in [-0.15, -0.1) is 11.8 Å². The summed E-state index contributed by atoms with van der Waals surface area (Å²) in [5.74, 6) is -0.0789. The smallest absolute Gasteiger partial charge is 0.323 e. The Bertz CT molecular complexity index is 414. The highest BCUT2D eigenvalue weighted by molar-refractivity contribution is 7.99. The summed E-state index contributed by atoms with van der Waals surface area (Å²) in [4.78, 5) is 12.1. The van der Waals surface area contributed by atoms with E-state index in [0.29, 0.717) is 17.9 Å². The highest BCUT2D eigenvalue weighted by Crippen LogP contribution is 2.24. The lowest BCUT2D eigenvalue weighted by molar-refractivity contribution is -0.143. The molecule has 0 amide bonds. The van der Waals surface area contributed by atoms with Gasteiger partial charge in [-0.25, -0.2) is 0 Å². The van der Waals surface area contributed by atoms with E-state index in [9.17, 15) is 4.79 Å². The van der Waals surface area contributed by atoms with Crippen LogP contribution in [0.5, 0.6) is 0 Å². The van der Waals surface area contributed by atoms with E-state index < -0.39 is 11.5 Å². The fourth-order valence-electron chi connectivity index (χ4n) is 1.57. The van der Waals surface area contributed by atoms with Gasteiger partial charge in [0.15, 0.2) is 0 Å². The summed E-state index contributed by atoms with van der Waals surface area (Å²) in [7, 11) is 0. The molecule has 1 aromatic rings. The summed E-state index contributed by atoms with van der Waals surface area (Å²) < 4.78 is 0. The molecule has 0 aliphatic rings. The number of nitrogens with two attached hydrogens (primary N) is 1. The zero-order valence-electron chi connectivity index (χ0n) is 10.4. The molecule has 0 spiro atoms. The van der Waals surface area contributed by atoms with Gasteiger partial charge in [-0.05, 0) is 43.2 Å². The molecule has 1 aromatic carbocycles. The standard InChI is InChI=1S/C13H18ClNO2S/c1-2-13(15,12(16)17)7-4-8-18-11-6-3-5-10(14)9-11/h3,5-6,9H,2,4,7-8,15H2,1H3,(H,16,17). The predicted molar refractivity (Wildman–Crippen MR) is 76.3 cm³/mol. The first-order chi connectivity index (χ1) is 8.48. The maximum atomic E-state index is 11.0. The molecule has 0 fully saturated rings. The van der Waals surface area contributed by atoms with E-state index in [4.69, 9.17) is 22.4 Å². The SMILES string of the molecule is CCC(N)(CCCSc1cccc(Cl)c1)C(=O)O. The highest BCUT2D eigenvalue weighted by Gasteiger charge is 2.30. The molecule has 0 bridgehead atoms. The quantitative estimate of drug-likeness (QED) is 0.596. The van der Waals surface area contributed by atoms with Crippen molar-refractivity contribution in [1.29, 1.82) is 0 Å². The third-order valence-electron chi connectivity index (χ3n) is 2.89. The first-order valence-electron chi connectivity index (χ1n) is 5.88. The fourth-order valence-corrected chi connectivity index (χ4v) is 2.73. The minimum atomic E-state index is -1.09. The summed E-state index contributed by atoms with van der Waals surface area (Å²) in [6.07, 6.45) is 1.71. The number of rotatable bonds is 7. The van der Waals surface area contributed by atoms with Crippen LogP contribution in [0.1, 0.15) is 26.2 Å². The zero-order chi connectivity index (χ0) is 13.6. The Labute approximate surface area is 117 Å². The van der Waals surface area contributed by atoms with Crippen molar-refractivity contribution in [3.05, 3.63) is 29.3 Å². The molecule has 1 unspecified atom stereocenters. The van der Waals surface area contributed by atoms with Gasteiger partial charge in [0.25, 0.3) is 0 Å². The Kier molecular flexibility index (Phi) is 5.99. The van der Waals surface area contributed by atoms with Crippen LogP contribution < -0.4 is 5.73 Å². The molecule has 100 valence electrons. The molecule has 0 radical (unpaired) electrons. The van der Waals surface area contributed by atoms with Crippen LogP contribution in [0, 0.1) is 0 Å². The molecule has 0 saturated heterocycles. The molecular weight excluding hydrogens is 270 g/mol. The lowest BCUT2D eigenvalue weighted by atomic mass is 9.92. The second-order valence-electron chi connectivity index (χ2n) is 4.22. The molecule has 0 aromatic heterocycles. The van der Waals surface area contributed by atoms with Crippen molar-refractivity contribution in [2.24, 2.45) is 5.73 Å². The van der Waals surface area contributed by atoms with Gasteiger partial charge in [-0.2, -0.15) is 0 Å². The van der Waals surface area contributed by atoms with Crippen molar-refractivity contribution in [2.75, 3.05) is 5.75 Å². The van der Waals surface area contributed by atoms with Crippen molar-refractivity contribution in [1.82, 2.24) is 0 Å². The minimum absolute atomic E-state index is 0.449. The first-order valence-corrected chi connectivity index (χ1v) is 7.25. The van der Waals surface area contributed by atoms with Crippen LogP contribution in [0.3, 0.4) is 0 Å². The highest BCUT2D eigenvalue weighted by atomic mass is 35.5. The molecule has 0 aliphatic heterocycles. The Hall–Kier alpha value is -0.710. The second-order valence-corrected chi connectivity index (χ2v) is 5.83. The lowest BCUT2D eigenvalue weighted by Crippen LogP contribution is -2.47. The first kappa shape index (κ1) is 15.3. The molecule has 18 heavy (non-hydrogen) atoms. The number of hydrogen-bond donors (Lipinski definition) is 2.